The molecule has 0 aliphatic carbocycles. The average Bonchev–Trinajstić information content (AvgIpc) is 2.87. The second kappa shape index (κ2) is 10.2. The van der Waals surface area contributed by atoms with Gasteiger partial charge in [-0.2, -0.15) is 0 Å². The first kappa shape index (κ1) is 23.1. The lowest BCUT2D eigenvalue weighted by atomic mass is 10.0. The van der Waals surface area contributed by atoms with Crippen molar-refractivity contribution in [2.45, 2.75) is 0 Å². The van der Waals surface area contributed by atoms with E-state index in [0.717, 1.165) is 5.56 Å². The van der Waals surface area contributed by atoms with Crippen LogP contribution in [0.1, 0.15) is 10.4 Å². The molecule has 1 N–H and O–H groups in total. The van der Waals surface area contributed by atoms with E-state index in [0.29, 0.717) is 44.4 Å². The predicted molar refractivity (Wildman–Crippen MR) is 131 cm³/mol. The molecule has 8 heteroatoms. The molecule has 0 bridgehead atoms. The van der Waals surface area contributed by atoms with Gasteiger partial charge >= 0.3 is 5.97 Å². The van der Waals surface area contributed by atoms with E-state index in [4.69, 9.17) is 25.8 Å². The number of amides is 1. The number of hydrogen-bond donors (Lipinski definition) is 1. The Morgan fingerprint density at radius 3 is 2.38 bits per heavy atom. The third-order valence-corrected chi connectivity index (χ3v) is 5.33. The maximum Gasteiger partial charge on any atom is 0.339 e. The van der Waals surface area contributed by atoms with Gasteiger partial charge in [0.15, 0.2) is 18.1 Å². The predicted octanol–water partition coefficient (Wildman–Crippen LogP) is 5.37. The van der Waals surface area contributed by atoms with Crippen molar-refractivity contribution < 1.29 is 23.8 Å². The maximum absolute atomic E-state index is 13.0. The van der Waals surface area contributed by atoms with Gasteiger partial charge in [-0.3, -0.25) is 4.79 Å². The van der Waals surface area contributed by atoms with Gasteiger partial charge in [0.05, 0.1) is 31.0 Å². The number of para-hydroxylation sites is 1. The summed E-state index contributed by atoms with van der Waals surface area (Å²) in [6.45, 7) is -0.441. The first-order valence-electron chi connectivity index (χ1n) is 10.3. The van der Waals surface area contributed by atoms with Gasteiger partial charge in [0.1, 0.15) is 0 Å². The highest BCUT2D eigenvalue weighted by Crippen LogP contribution is 2.33. The standard InChI is InChI=1S/C26H21ClN2O5/c1-32-23-12-7-16(13-24(23)33-2)22-14-20(19-5-3-4-6-21(19)29-22)26(31)34-15-25(30)28-18-10-8-17(27)9-11-18/h3-14H,15H2,1-2H3,(H,28,30). The second-order valence-corrected chi connectivity index (χ2v) is 7.71. The molecule has 172 valence electrons. The van der Waals surface area contributed by atoms with Crippen LogP contribution in [0, 0.1) is 0 Å². The largest absolute Gasteiger partial charge is 0.493 e. The summed E-state index contributed by atoms with van der Waals surface area (Å²) >= 11 is 5.86. The van der Waals surface area contributed by atoms with Gasteiger partial charge in [0.25, 0.3) is 5.91 Å². The van der Waals surface area contributed by atoms with Gasteiger partial charge in [-0.1, -0.05) is 29.8 Å². The molecule has 0 spiro atoms. The van der Waals surface area contributed by atoms with Crippen molar-refractivity contribution in [3.8, 4) is 22.8 Å². The number of nitrogens with zero attached hydrogens (tertiary/aromatic N) is 1. The molecular weight excluding hydrogens is 456 g/mol. The number of nitrogens with one attached hydrogen (secondary N) is 1. The number of fused-ring (bicyclic) bond motifs is 1. The zero-order valence-corrected chi connectivity index (χ0v) is 19.3. The van der Waals surface area contributed by atoms with Gasteiger partial charge in [0.2, 0.25) is 0 Å². The van der Waals surface area contributed by atoms with Crippen molar-refractivity contribution in [1.29, 1.82) is 0 Å². The molecule has 0 aliphatic rings. The molecule has 0 aliphatic heterocycles. The third-order valence-electron chi connectivity index (χ3n) is 5.08. The van der Waals surface area contributed by atoms with Crippen LogP contribution in [0.15, 0.2) is 72.8 Å². The Hall–Kier alpha value is -4.10. The first-order valence-corrected chi connectivity index (χ1v) is 10.7. The van der Waals surface area contributed by atoms with Crippen LogP contribution in [0.4, 0.5) is 5.69 Å². The number of benzene rings is 3. The summed E-state index contributed by atoms with van der Waals surface area (Å²) in [6, 6.07) is 20.9. The minimum Gasteiger partial charge on any atom is -0.493 e. The Bertz CT molecular complexity index is 1360. The van der Waals surface area contributed by atoms with Crippen molar-refractivity contribution in [2.24, 2.45) is 0 Å². The molecule has 0 radical (unpaired) electrons. The quantitative estimate of drug-likeness (QED) is 0.361. The maximum atomic E-state index is 13.0. The van der Waals surface area contributed by atoms with E-state index in [2.05, 4.69) is 10.3 Å². The van der Waals surface area contributed by atoms with Crippen LogP contribution in [0.5, 0.6) is 11.5 Å². The van der Waals surface area contributed by atoms with Crippen LogP contribution in [-0.2, 0) is 9.53 Å². The molecule has 3 aromatic carbocycles. The number of aromatic nitrogens is 1. The molecule has 4 rings (SSSR count). The topological polar surface area (TPSA) is 86.8 Å². The van der Waals surface area contributed by atoms with Crippen LogP contribution in [-0.4, -0.2) is 37.7 Å². The summed E-state index contributed by atoms with van der Waals surface area (Å²) in [5.41, 5.74) is 2.76. The monoisotopic (exact) mass is 476 g/mol. The van der Waals surface area contributed by atoms with Gasteiger partial charge in [-0.05, 0) is 54.6 Å². The highest BCUT2D eigenvalue weighted by Gasteiger charge is 2.17. The fourth-order valence-electron chi connectivity index (χ4n) is 3.43. The first-order chi connectivity index (χ1) is 16.5. The Morgan fingerprint density at radius 1 is 0.912 bits per heavy atom. The molecule has 0 saturated heterocycles. The molecule has 7 nitrogen and oxygen atoms in total. The molecule has 0 saturated carbocycles. The zero-order valence-electron chi connectivity index (χ0n) is 18.5. The number of ether oxygens (including phenoxy) is 3. The Balaban J connectivity index is 1.59. The number of halogens is 1. The van der Waals surface area contributed by atoms with Gasteiger partial charge in [0, 0.05) is 21.7 Å². The van der Waals surface area contributed by atoms with E-state index in [1.54, 1.807) is 62.8 Å². The highest BCUT2D eigenvalue weighted by atomic mass is 35.5. The van der Waals surface area contributed by atoms with Crippen molar-refractivity contribution in [3.63, 3.8) is 0 Å². The van der Waals surface area contributed by atoms with Gasteiger partial charge in [-0.15, -0.1) is 0 Å². The number of anilines is 1. The number of carbonyl (C=O) groups is 2. The van der Waals surface area contributed by atoms with Gasteiger partial charge < -0.3 is 19.5 Å². The number of carbonyl (C=O) groups excluding carboxylic acids is 2. The zero-order chi connectivity index (χ0) is 24.1. The van der Waals surface area contributed by atoms with Crippen LogP contribution >= 0.6 is 11.6 Å². The molecular formula is C26H21ClN2O5. The van der Waals surface area contributed by atoms with Crippen molar-refractivity contribution in [2.75, 3.05) is 26.1 Å². The van der Waals surface area contributed by atoms with Crippen LogP contribution in [0.2, 0.25) is 5.02 Å². The molecule has 0 unspecified atom stereocenters. The van der Waals surface area contributed by atoms with Crippen molar-refractivity contribution in [1.82, 2.24) is 4.98 Å². The Morgan fingerprint density at radius 2 is 1.65 bits per heavy atom. The minimum atomic E-state index is -0.633. The number of hydrogen-bond acceptors (Lipinski definition) is 6. The molecule has 0 atom stereocenters. The van der Waals surface area contributed by atoms with E-state index in [9.17, 15) is 9.59 Å². The normalized spacial score (nSPS) is 10.6. The lowest BCUT2D eigenvalue weighted by molar-refractivity contribution is -0.119. The summed E-state index contributed by atoms with van der Waals surface area (Å²) in [7, 11) is 3.11. The van der Waals surface area contributed by atoms with Crippen molar-refractivity contribution in [3.05, 3.63) is 83.4 Å². The highest BCUT2D eigenvalue weighted by molar-refractivity contribution is 6.30. The number of pyridine rings is 1. The summed E-state index contributed by atoms with van der Waals surface area (Å²) in [6.07, 6.45) is 0. The molecule has 0 fully saturated rings. The second-order valence-electron chi connectivity index (χ2n) is 7.27. The molecule has 34 heavy (non-hydrogen) atoms. The van der Waals surface area contributed by atoms with Crippen molar-refractivity contribution >= 4 is 40.1 Å². The Labute approximate surface area is 201 Å². The summed E-state index contributed by atoms with van der Waals surface area (Å²) in [4.78, 5) is 29.9. The lowest BCUT2D eigenvalue weighted by Crippen LogP contribution is -2.21. The smallest absolute Gasteiger partial charge is 0.339 e. The molecule has 4 aromatic rings. The average molecular weight is 477 g/mol. The summed E-state index contributed by atoms with van der Waals surface area (Å²) < 4.78 is 16.0. The third kappa shape index (κ3) is 5.10. The fraction of sp³-hybridized carbons (Fsp3) is 0.115. The molecule has 1 amide bonds. The van der Waals surface area contributed by atoms with E-state index in [1.165, 1.54) is 0 Å². The SMILES string of the molecule is COc1ccc(-c2cc(C(=O)OCC(=O)Nc3ccc(Cl)cc3)c3ccccc3n2)cc1OC. The van der Waals surface area contributed by atoms with Crippen LogP contribution in [0.25, 0.3) is 22.2 Å². The van der Waals surface area contributed by atoms with Crippen LogP contribution < -0.4 is 14.8 Å². The van der Waals surface area contributed by atoms with E-state index >= 15 is 0 Å². The summed E-state index contributed by atoms with van der Waals surface area (Å²) in [5.74, 6) is 0.0251. The number of methoxy groups -OCH3 is 2. The van der Waals surface area contributed by atoms with E-state index in [1.807, 2.05) is 24.3 Å². The minimum absolute atomic E-state index is 0.301. The van der Waals surface area contributed by atoms with Gasteiger partial charge in [-0.25, -0.2) is 9.78 Å². The number of esters is 1. The van der Waals surface area contributed by atoms with E-state index < -0.39 is 18.5 Å². The Kier molecular flexibility index (Phi) is 6.94. The molecule has 1 heterocycles. The lowest BCUT2D eigenvalue weighted by Gasteiger charge is -2.12. The summed E-state index contributed by atoms with van der Waals surface area (Å²) in [5, 5.41) is 3.84. The van der Waals surface area contributed by atoms with E-state index in [-0.39, 0.29) is 0 Å². The fourth-order valence-corrected chi connectivity index (χ4v) is 3.55. The van der Waals surface area contributed by atoms with Crippen LogP contribution in [0.3, 0.4) is 0 Å². The molecule has 1 aromatic heterocycles. The number of rotatable bonds is 7.